The fourth-order valence-electron chi connectivity index (χ4n) is 1.66. The van der Waals surface area contributed by atoms with Crippen molar-refractivity contribution < 1.29 is 13.5 Å². The maximum Gasteiger partial charge on any atom is 0.146 e. The summed E-state index contributed by atoms with van der Waals surface area (Å²) in [5, 5.41) is 2.85. The van der Waals surface area contributed by atoms with Gasteiger partial charge >= 0.3 is 0 Å². The van der Waals surface area contributed by atoms with E-state index in [2.05, 4.69) is 5.32 Å². The van der Waals surface area contributed by atoms with E-state index in [1.54, 1.807) is 18.2 Å². The second-order valence-corrected chi connectivity index (χ2v) is 4.41. The van der Waals surface area contributed by atoms with Crippen LogP contribution >= 0.6 is 0 Å². The summed E-state index contributed by atoms with van der Waals surface area (Å²) in [6, 6.07) is 10.4. The Kier molecular flexibility index (Phi) is 4.00. The third kappa shape index (κ3) is 3.44. The molecule has 2 nitrogen and oxygen atoms in total. The number of halogens is 2. The summed E-state index contributed by atoms with van der Waals surface area (Å²) in [7, 11) is 0. The van der Waals surface area contributed by atoms with Gasteiger partial charge in [-0.25, -0.2) is 8.78 Å². The standard InChI is InChI=1S/C15H15F2NO/c1-10(2)19-15-6-4-3-5-13(15)18-14-9-11(16)7-8-12(14)17/h3-10,18H,1-2H3. The predicted octanol–water partition coefficient (Wildman–Crippen LogP) is 4.50. The van der Waals surface area contributed by atoms with E-state index < -0.39 is 11.6 Å². The Hall–Kier alpha value is -2.10. The van der Waals surface area contributed by atoms with Crippen LogP contribution in [0.1, 0.15) is 13.8 Å². The van der Waals surface area contributed by atoms with Crippen molar-refractivity contribution in [3.8, 4) is 5.75 Å². The number of rotatable bonds is 4. The summed E-state index contributed by atoms with van der Waals surface area (Å²) < 4.78 is 32.3. The van der Waals surface area contributed by atoms with Crippen molar-refractivity contribution in [1.82, 2.24) is 0 Å². The number of hydrogen-bond donors (Lipinski definition) is 1. The second-order valence-electron chi connectivity index (χ2n) is 4.41. The summed E-state index contributed by atoms with van der Waals surface area (Å²) in [5.74, 6) is -0.409. The Morgan fingerprint density at radius 3 is 2.47 bits per heavy atom. The Morgan fingerprint density at radius 1 is 1.00 bits per heavy atom. The fourth-order valence-corrected chi connectivity index (χ4v) is 1.66. The van der Waals surface area contributed by atoms with Crippen LogP contribution in [0.2, 0.25) is 0 Å². The Balaban J connectivity index is 2.30. The molecule has 0 aromatic heterocycles. The van der Waals surface area contributed by atoms with Crippen LogP contribution < -0.4 is 10.1 Å². The van der Waals surface area contributed by atoms with Gasteiger partial charge in [-0.2, -0.15) is 0 Å². The van der Waals surface area contributed by atoms with E-state index in [1.165, 1.54) is 0 Å². The first-order chi connectivity index (χ1) is 9.06. The summed E-state index contributed by atoms with van der Waals surface area (Å²) in [6.07, 6.45) is 0.000284. The van der Waals surface area contributed by atoms with Gasteiger partial charge in [-0.05, 0) is 38.1 Å². The van der Waals surface area contributed by atoms with Crippen LogP contribution in [0.5, 0.6) is 5.75 Å². The lowest BCUT2D eigenvalue weighted by Crippen LogP contribution is -2.07. The normalized spacial score (nSPS) is 10.6. The molecule has 0 heterocycles. The van der Waals surface area contributed by atoms with Gasteiger partial charge in [-0.3, -0.25) is 0 Å². The Bertz CT molecular complexity index is 570. The van der Waals surface area contributed by atoms with Crippen molar-refractivity contribution in [2.75, 3.05) is 5.32 Å². The molecule has 0 spiro atoms. The van der Waals surface area contributed by atoms with Gasteiger partial charge in [0.25, 0.3) is 0 Å². The van der Waals surface area contributed by atoms with Crippen molar-refractivity contribution in [3.05, 3.63) is 54.1 Å². The lowest BCUT2D eigenvalue weighted by molar-refractivity contribution is 0.244. The maximum atomic E-state index is 13.6. The van der Waals surface area contributed by atoms with Crippen LogP contribution in [-0.2, 0) is 0 Å². The molecular weight excluding hydrogens is 248 g/mol. The third-order valence-electron chi connectivity index (χ3n) is 2.45. The van der Waals surface area contributed by atoms with Crippen LogP contribution in [0.25, 0.3) is 0 Å². The van der Waals surface area contributed by atoms with Crippen LogP contribution in [0.15, 0.2) is 42.5 Å². The van der Waals surface area contributed by atoms with E-state index in [0.29, 0.717) is 11.4 Å². The van der Waals surface area contributed by atoms with Gasteiger partial charge in [-0.15, -0.1) is 0 Å². The number of nitrogens with one attached hydrogen (secondary N) is 1. The van der Waals surface area contributed by atoms with Crippen LogP contribution in [0.3, 0.4) is 0 Å². The molecule has 1 N–H and O–H groups in total. The average molecular weight is 263 g/mol. The predicted molar refractivity (Wildman–Crippen MR) is 71.8 cm³/mol. The molecule has 0 unspecified atom stereocenters. The van der Waals surface area contributed by atoms with E-state index in [0.717, 1.165) is 18.2 Å². The van der Waals surface area contributed by atoms with Gasteiger partial charge in [0.2, 0.25) is 0 Å². The fraction of sp³-hybridized carbons (Fsp3) is 0.200. The molecule has 0 bridgehead atoms. The van der Waals surface area contributed by atoms with E-state index in [-0.39, 0.29) is 11.8 Å². The lowest BCUT2D eigenvalue weighted by atomic mass is 10.2. The Labute approximate surface area is 111 Å². The molecule has 2 aromatic rings. The van der Waals surface area contributed by atoms with Crippen molar-refractivity contribution in [2.24, 2.45) is 0 Å². The molecule has 0 aliphatic rings. The van der Waals surface area contributed by atoms with Gasteiger partial charge < -0.3 is 10.1 Å². The molecule has 100 valence electrons. The highest BCUT2D eigenvalue weighted by Gasteiger charge is 2.08. The van der Waals surface area contributed by atoms with Crippen LogP contribution in [0.4, 0.5) is 20.2 Å². The number of ether oxygens (including phenoxy) is 1. The number of benzene rings is 2. The molecule has 0 aliphatic heterocycles. The molecule has 2 rings (SSSR count). The van der Waals surface area contributed by atoms with E-state index >= 15 is 0 Å². The molecule has 0 saturated carbocycles. The first-order valence-electron chi connectivity index (χ1n) is 6.04. The molecule has 0 radical (unpaired) electrons. The second kappa shape index (κ2) is 5.69. The molecular formula is C15H15F2NO. The highest BCUT2D eigenvalue weighted by Crippen LogP contribution is 2.29. The smallest absolute Gasteiger partial charge is 0.146 e. The van der Waals surface area contributed by atoms with E-state index in [1.807, 2.05) is 19.9 Å². The topological polar surface area (TPSA) is 21.3 Å². The molecule has 0 aliphatic carbocycles. The zero-order valence-electron chi connectivity index (χ0n) is 10.8. The zero-order valence-corrected chi connectivity index (χ0v) is 10.8. The lowest BCUT2D eigenvalue weighted by Gasteiger charge is -2.15. The monoisotopic (exact) mass is 263 g/mol. The van der Waals surface area contributed by atoms with Crippen molar-refractivity contribution in [1.29, 1.82) is 0 Å². The summed E-state index contributed by atoms with van der Waals surface area (Å²) in [6.45, 7) is 3.80. The van der Waals surface area contributed by atoms with Gasteiger partial charge in [0, 0.05) is 6.07 Å². The molecule has 2 aromatic carbocycles. The minimum atomic E-state index is -0.513. The zero-order chi connectivity index (χ0) is 13.8. The summed E-state index contributed by atoms with van der Waals surface area (Å²) in [5.41, 5.74) is 0.681. The minimum absolute atomic E-state index is 0.000284. The first-order valence-corrected chi connectivity index (χ1v) is 6.04. The first kappa shape index (κ1) is 13.3. The SMILES string of the molecule is CC(C)Oc1ccccc1Nc1cc(F)ccc1F. The van der Waals surface area contributed by atoms with Gasteiger partial charge in [0.05, 0.1) is 17.5 Å². The van der Waals surface area contributed by atoms with Crippen molar-refractivity contribution >= 4 is 11.4 Å². The molecule has 0 saturated heterocycles. The minimum Gasteiger partial charge on any atom is -0.489 e. The maximum absolute atomic E-state index is 13.6. The highest BCUT2D eigenvalue weighted by atomic mass is 19.1. The molecule has 0 fully saturated rings. The molecule has 0 atom stereocenters. The van der Waals surface area contributed by atoms with Gasteiger partial charge in [0.15, 0.2) is 0 Å². The van der Waals surface area contributed by atoms with Crippen LogP contribution in [-0.4, -0.2) is 6.10 Å². The summed E-state index contributed by atoms with van der Waals surface area (Å²) in [4.78, 5) is 0. The molecule has 0 amide bonds. The third-order valence-corrected chi connectivity index (χ3v) is 2.45. The van der Waals surface area contributed by atoms with Crippen molar-refractivity contribution in [3.63, 3.8) is 0 Å². The average Bonchev–Trinajstić information content (AvgIpc) is 2.35. The van der Waals surface area contributed by atoms with Gasteiger partial charge in [0.1, 0.15) is 17.4 Å². The van der Waals surface area contributed by atoms with Crippen LogP contribution in [0, 0.1) is 11.6 Å². The van der Waals surface area contributed by atoms with E-state index in [4.69, 9.17) is 4.74 Å². The Morgan fingerprint density at radius 2 is 1.74 bits per heavy atom. The van der Waals surface area contributed by atoms with Gasteiger partial charge in [-0.1, -0.05) is 12.1 Å². The number of anilines is 2. The number of hydrogen-bond acceptors (Lipinski definition) is 2. The largest absolute Gasteiger partial charge is 0.489 e. The number of para-hydroxylation sites is 2. The summed E-state index contributed by atoms with van der Waals surface area (Å²) >= 11 is 0. The van der Waals surface area contributed by atoms with Crippen molar-refractivity contribution in [2.45, 2.75) is 20.0 Å². The molecule has 4 heteroatoms. The van der Waals surface area contributed by atoms with E-state index in [9.17, 15) is 8.78 Å². The molecule has 19 heavy (non-hydrogen) atoms. The quantitative estimate of drug-likeness (QED) is 0.877. The highest BCUT2D eigenvalue weighted by molar-refractivity contribution is 5.66.